The Bertz CT molecular complexity index is 364. The van der Waals surface area contributed by atoms with Crippen LogP contribution in [0.2, 0.25) is 0 Å². The quantitative estimate of drug-likeness (QED) is 0.414. The Morgan fingerprint density at radius 1 is 1.05 bits per heavy atom. The van der Waals surface area contributed by atoms with Crippen LogP contribution in [0.25, 0.3) is 0 Å². The largest absolute Gasteiger partial charge is 0.273 e. The van der Waals surface area contributed by atoms with Crippen LogP contribution in [0, 0.1) is 11.8 Å². The molecule has 1 amide bonds. The van der Waals surface area contributed by atoms with Crippen molar-refractivity contribution in [2.75, 3.05) is 0 Å². The fourth-order valence-electron chi connectivity index (χ4n) is 3.95. The molecule has 2 aliphatic carbocycles. The number of fused-ring (bicyclic) bond motifs is 2. The Morgan fingerprint density at radius 2 is 1.73 bits per heavy atom. The number of nitrogens with one attached hydrogen (secondary N) is 1. The average molecular weight is 306 g/mol. The van der Waals surface area contributed by atoms with Crippen molar-refractivity contribution in [1.29, 1.82) is 0 Å². The van der Waals surface area contributed by atoms with Gasteiger partial charge in [-0.25, -0.2) is 5.43 Å². The standard InChI is InChI=1S/C19H34N2O/c1-2-3-4-5-6-7-8-9-10-11-19(22)21-20-18-15-16-12-13-17(18)14-16/h16-17H,2-15H2,1H3,(H,21,22)/b20-18-. The van der Waals surface area contributed by atoms with Gasteiger partial charge < -0.3 is 0 Å². The van der Waals surface area contributed by atoms with Crippen molar-refractivity contribution >= 4 is 11.6 Å². The van der Waals surface area contributed by atoms with Crippen LogP contribution in [0.4, 0.5) is 0 Å². The summed E-state index contributed by atoms with van der Waals surface area (Å²) in [4.78, 5) is 11.8. The lowest BCUT2D eigenvalue weighted by atomic mass is 9.99. The Hall–Kier alpha value is -0.860. The molecule has 0 aromatic rings. The van der Waals surface area contributed by atoms with Crippen molar-refractivity contribution < 1.29 is 4.79 Å². The van der Waals surface area contributed by atoms with Gasteiger partial charge in [0, 0.05) is 12.1 Å². The number of hydrazone groups is 1. The third-order valence-electron chi connectivity index (χ3n) is 5.34. The molecule has 2 fully saturated rings. The molecular formula is C19H34N2O. The van der Waals surface area contributed by atoms with Crippen LogP contribution in [0.3, 0.4) is 0 Å². The highest BCUT2D eigenvalue weighted by atomic mass is 16.2. The van der Waals surface area contributed by atoms with Gasteiger partial charge in [0.2, 0.25) is 5.91 Å². The Kier molecular flexibility index (Phi) is 7.96. The molecule has 2 saturated carbocycles. The predicted octanol–water partition coefficient (Wildman–Crippen LogP) is 5.20. The SMILES string of the molecule is CCCCCCCCCCCC(=O)N/N=C1/CC2CCC1C2. The summed E-state index contributed by atoms with van der Waals surface area (Å²) in [6, 6.07) is 0. The van der Waals surface area contributed by atoms with Crippen LogP contribution in [0.5, 0.6) is 0 Å². The summed E-state index contributed by atoms with van der Waals surface area (Å²) < 4.78 is 0. The zero-order chi connectivity index (χ0) is 15.6. The number of carbonyl (C=O) groups is 1. The van der Waals surface area contributed by atoms with E-state index in [1.807, 2.05) is 0 Å². The minimum absolute atomic E-state index is 0.109. The normalized spacial score (nSPS) is 25.0. The molecule has 3 heteroatoms. The van der Waals surface area contributed by atoms with Gasteiger partial charge in [-0.3, -0.25) is 4.79 Å². The lowest BCUT2D eigenvalue weighted by Crippen LogP contribution is -2.21. The highest BCUT2D eigenvalue weighted by Gasteiger charge is 2.36. The van der Waals surface area contributed by atoms with Gasteiger partial charge in [0.15, 0.2) is 0 Å². The van der Waals surface area contributed by atoms with Gasteiger partial charge in [-0.05, 0) is 43.9 Å². The number of amides is 1. The maximum Gasteiger partial charge on any atom is 0.240 e. The van der Waals surface area contributed by atoms with Crippen LogP contribution in [-0.2, 0) is 4.79 Å². The van der Waals surface area contributed by atoms with Crippen molar-refractivity contribution in [3.05, 3.63) is 0 Å². The van der Waals surface area contributed by atoms with E-state index >= 15 is 0 Å². The predicted molar refractivity (Wildman–Crippen MR) is 92.9 cm³/mol. The molecule has 1 N–H and O–H groups in total. The van der Waals surface area contributed by atoms with Crippen LogP contribution >= 0.6 is 0 Å². The van der Waals surface area contributed by atoms with Crippen LogP contribution < -0.4 is 5.43 Å². The van der Waals surface area contributed by atoms with E-state index in [9.17, 15) is 4.79 Å². The zero-order valence-corrected chi connectivity index (χ0v) is 14.4. The molecule has 0 aliphatic heterocycles. The monoisotopic (exact) mass is 306 g/mol. The first kappa shape index (κ1) is 17.5. The second-order valence-electron chi connectivity index (χ2n) is 7.30. The van der Waals surface area contributed by atoms with E-state index in [0.29, 0.717) is 12.3 Å². The first-order valence-electron chi connectivity index (χ1n) is 9.65. The fourth-order valence-corrected chi connectivity index (χ4v) is 3.95. The first-order valence-corrected chi connectivity index (χ1v) is 9.65. The molecule has 2 rings (SSSR count). The molecule has 2 bridgehead atoms. The van der Waals surface area contributed by atoms with Gasteiger partial charge >= 0.3 is 0 Å². The van der Waals surface area contributed by atoms with Gasteiger partial charge in [-0.2, -0.15) is 5.10 Å². The molecule has 3 nitrogen and oxygen atoms in total. The minimum Gasteiger partial charge on any atom is -0.273 e. The minimum atomic E-state index is 0.109. The van der Waals surface area contributed by atoms with Crippen LogP contribution in [0.15, 0.2) is 5.10 Å². The van der Waals surface area contributed by atoms with E-state index in [-0.39, 0.29) is 5.91 Å². The topological polar surface area (TPSA) is 41.5 Å². The third-order valence-corrected chi connectivity index (χ3v) is 5.34. The van der Waals surface area contributed by atoms with Gasteiger partial charge in [0.25, 0.3) is 0 Å². The molecule has 0 aromatic carbocycles. The summed E-state index contributed by atoms with van der Waals surface area (Å²) >= 11 is 0. The Labute approximate surface area is 136 Å². The van der Waals surface area contributed by atoms with E-state index in [2.05, 4.69) is 17.5 Å². The van der Waals surface area contributed by atoms with Crippen molar-refractivity contribution in [2.24, 2.45) is 16.9 Å². The highest BCUT2D eigenvalue weighted by molar-refractivity contribution is 5.90. The van der Waals surface area contributed by atoms with Crippen molar-refractivity contribution in [1.82, 2.24) is 5.43 Å². The highest BCUT2D eigenvalue weighted by Crippen LogP contribution is 2.42. The van der Waals surface area contributed by atoms with Crippen LogP contribution in [0.1, 0.15) is 96.8 Å². The number of carbonyl (C=O) groups excluding carboxylic acids is 1. The molecule has 0 radical (unpaired) electrons. The van der Waals surface area contributed by atoms with Gasteiger partial charge in [-0.15, -0.1) is 0 Å². The Morgan fingerprint density at radius 3 is 2.32 bits per heavy atom. The number of unbranched alkanes of at least 4 members (excludes halogenated alkanes) is 8. The smallest absolute Gasteiger partial charge is 0.240 e. The molecule has 126 valence electrons. The second kappa shape index (κ2) is 10.0. The number of hydrogen-bond donors (Lipinski definition) is 1. The molecule has 0 aromatic heterocycles. The number of nitrogens with zero attached hydrogens (tertiary/aromatic N) is 1. The van der Waals surface area contributed by atoms with Gasteiger partial charge in [0.1, 0.15) is 0 Å². The molecular weight excluding hydrogens is 272 g/mol. The summed E-state index contributed by atoms with van der Waals surface area (Å²) in [5, 5.41) is 4.38. The van der Waals surface area contributed by atoms with Gasteiger partial charge in [-0.1, -0.05) is 58.3 Å². The molecule has 2 unspecified atom stereocenters. The average Bonchev–Trinajstić information content (AvgIpc) is 3.14. The molecule has 22 heavy (non-hydrogen) atoms. The van der Waals surface area contributed by atoms with Crippen molar-refractivity contribution in [3.8, 4) is 0 Å². The van der Waals surface area contributed by atoms with E-state index in [1.165, 1.54) is 76.3 Å². The molecule has 2 atom stereocenters. The second-order valence-corrected chi connectivity index (χ2v) is 7.30. The lowest BCUT2D eigenvalue weighted by Gasteiger charge is -2.11. The molecule has 0 heterocycles. The lowest BCUT2D eigenvalue weighted by molar-refractivity contribution is -0.121. The van der Waals surface area contributed by atoms with Crippen molar-refractivity contribution in [3.63, 3.8) is 0 Å². The molecule has 0 saturated heterocycles. The van der Waals surface area contributed by atoms with E-state index in [1.54, 1.807) is 0 Å². The number of hydrogen-bond acceptors (Lipinski definition) is 2. The van der Waals surface area contributed by atoms with Crippen LogP contribution in [-0.4, -0.2) is 11.6 Å². The summed E-state index contributed by atoms with van der Waals surface area (Å²) in [7, 11) is 0. The fraction of sp³-hybridized carbons (Fsp3) is 0.895. The van der Waals surface area contributed by atoms with E-state index in [0.717, 1.165) is 18.8 Å². The van der Waals surface area contributed by atoms with Crippen molar-refractivity contribution in [2.45, 2.75) is 96.8 Å². The summed E-state index contributed by atoms with van der Waals surface area (Å²) in [6.07, 6.45) is 17.4. The number of rotatable bonds is 11. The summed E-state index contributed by atoms with van der Waals surface area (Å²) in [6.45, 7) is 2.26. The Balaban J connectivity index is 1.42. The summed E-state index contributed by atoms with van der Waals surface area (Å²) in [5.41, 5.74) is 4.04. The zero-order valence-electron chi connectivity index (χ0n) is 14.4. The van der Waals surface area contributed by atoms with E-state index < -0.39 is 0 Å². The maximum absolute atomic E-state index is 11.8. The molecule has 0 spiro atoms. The first-order chi connectivity index (χ1) is 10.8. The van der Waals surface area contributed by atoms with Gasteiger partial charge in [0.05, 0.1) is 0 Å². The maximum atomic E-state index is 11.8. The third kappa shape index (κ3) is 6.10. The van der Waals surface area contributed by atoms with E-state index in [4.69, 9.17) is 0 Å². The summed E-state index contributed by atoms with van der Waals surface area (Å²) in [5.74, 6) is 1.65. The molecule has 2 aliphatic rings.